The van der Waals surface area contributed by atoms with Gasteiger partial charge < -0.3 is 4.74 Å². The van der Waals surface area contributed by atoms with Crippen LogP contribution in [0, 0.1) is 5.92 Å². The molecule has 0 atom stereocenters. The van der Waals surface area contributed by atoms with E-state index in [1.54, 1.807) is 0 Å². The summed E-state index contributed by atoms with van der Waals surface area (Å²) in [6.07, 6.45) is 1.07. The maximum Gasteiger partial charge on any atom is 0.0770 e. The van der Waals surface area contributed by atoms with E-state index in [1.165, 1.54) is 0 Å². The highest BCUT2D eigenvalue weighted by Gasteiger charge is 2.22. The van der Waals surface area contributed by atoms with Gasteiger partial charge in [-0.1, -0.05) is 27.7 Å². The minimum atomic E-state index is -0.228. The minimum Gasteiger partial charge on any atom is -0.376 e. The fourth-order valence-electron chi connectivity index (χ4n) is 1.42. The monoisotopic (exact) mass is 182 g/mol. The first-order chi connectivity index (χ1) is 5.62. The van der Waals surface area contributed by atoms with Crippen LogP contribution in [0.1, 0.15) is 48.0 Å². The average molecular weight is 182 g/mol. The van der Waals surface area contributed by atoms with Crippen LogP contribution in [0.15, 0.2) is 0 Å². The SMILES string of the molecule is [B]C(C)(C)COC(C)(C)CC(C)C. The van der Waals surface area contributed by atoms with Crippen molar-refractivity contribution in [3.05, 3.63) is 0 Å². The van der Waals surface area contributed by atoms with Gasteiger partial charge in [0.05, 0.1) is 13.4 Å². The first kappa shape index (κ1) is 13.0. The molecule has 0 fully saturated rings. The molecule has 0 aromatic heterocycles. The van der Waals surface area contributed by atoms with E-state index in [0.29, 0.717) is 12.5 Å². The molecule has 0 heterocycles. The van der Waals surface area contributed by atoms with E-state index in [1.807, 2.05) is 13.8 Å². The summed E-state index contributed by atoms with van der Waals surface area (Å²) in [5.41, 5.74) is -0.0508. The van der Waals surface area contributed by atoms with Crippen molar-refractivity contribution in [3.63, 3.8) is 0 Å². The summed E-state index contributed by atoms with van der Waals surface area (Å²) < 4.78 is 5.78. The van der Waals surface area contributed by atoms with Crippen LogP contribution >= 0.6 is 0 Å². The third-order valence-electron chi connectivity index (χ3n) is 1.73. The lowest BCUT2D eigenvalue weighted by Crippen LogP contribution is -2.29. The van der Waals surface area contributed by atoms with Crippen molar-refractivity contribution in [2.24, 2.45) is 5.92 Å². The van der Waals surface area contributed by atoms with Crippen molar-refractivity contribution in [3.8, 4) is 0 Å². The predicted molar refractivity (Wildman–Crippen MR) is 59.3 cm³/mol. The highest BCUT2D eigenvalue weighted by atomic mass is 16.5. The molecule has 0 aromatic carbocycles. The van der Waals surface area contributed by atoms with Gasteiger partial charge in [-0.2, -0.15) is 0 Å². The third kappa shape index (κ3) is 8.36. The topological polar surface area (TPSA) is 9.23 Å². The Labute approximate surface area is 84.7 Å². The quantitative estimate of drug-likeness (QED) is 0.593. The summed E-state index contributed by atoms with van der Waals surface area (Å²) >= 11 is 0. The Balaban J connectivity index is 3.89. The molecule has 13 heavy (non-hydrogen) atoms. The van der Waals surface area contributed by atoms with Crippen LogP contribution in [-0.2, 0) is 4.74 Å². The first-order valence-electron chi connectivity index (χ1n) is 5.05. The van der Waals surface area contributed by atoms with Crippen LogP contribution in [0.5, 0.6) is 0 Å². The summed E-state index contributed by atoms with van der Waals surface area (Å²) in [5.74, 6) is 0.663. The molecule has 0 saturated heterocycles. The molecule has 0 N–H and O–H groups in total. The Morgan fingerprint density at radius 2 is 1.62 bits per heavy atom. The fraction of sp³-hybridized carbons (Fsp3) is 1.00. The molecule has 0 unspecified atom stereocenters. The second kappa shape index (κ2) is 4.50. The first-order valence-corrected chi connectivity index (χ1v) is 5.05. The van der Waals surface area contributed by atoms with E-state index < -0.39 is 0 Å². The molecule has 1 nitrogen and oxygen atoms in total. The smallest absolute Gasteiger partial charge is 0.0770 e. The van der Waals surface area contributed by atoms with Crippen LogP contribution in [0.2, 0.25) is 5.31 Å². The van der Waals surface area contributed by atoms with Crippen molar-refractivity contribution in [1.82, 2.24) is 0 Å². The van der Waals surface area contributed by atoms with E-state index in [4.69, 9.17) is 12.6 Å². The molecular weight excluding hydrogens is 159 g/mol. The maximum atomic E-state index is 5.85. The van der Waals surface area contributed by atoms with Gasteiger partial charge >= 0.3 is 0 Å². The normalized spacial score (nSPS) is 13.8. The van der Waals surface area contributed by atoms with Gasteiger partial charge in [-0.25, -0.2) is 0 Å². The molecule has 0 spiro atoms. The zero-order chi connectivity index (χ0) is 10.7. The molecule has 0 aliphatic carbocycles. The number of hydrogen-bond acceptors (Lipinski definition) is 1. The summed E-state index contributed by atoms with van der Waals surface area (Å²) in [6.45, 7) is 13.2. The molecule has 0 amide bonds. The molecule has 0 bridgehead atoms. The summed E-state index contributed by atoms with van der Waals surface area (Å²) in [7, 11) is 5.85. The zero-order valence-electron chi connectivity index (χ0n) is 9.98. The van der Waals surface area contributed by atoms with Crippen LogP contribution in [0.25, 0.3) is 0 Å². The van der Waals surface area contributed by atoms with E-state index in [0.717, 1.165) is 6.42 Å². The Morgan fingerprint density at radius 3 is 1.92 bits per heavy atom. The van der Waals surface area contributed by atoms with Gasteiger partial charge in [-0.15, -0.1) is 0 Å². The maximum absolute atomic E-state index is 5.85. The fourth-order valence-corrected chi connectivity index (χ4v) is 1.42. The predicted octanol–water partition coefficient (Wildman–Crippen LogP) is 3.19. The second-order valence-corrected chi connectivity index (χ2v) is 5.63. The van der Waals surface area contributed by atoms with E-state index in [9.17, 15) is 0 Å². The summed E-state index contributed by atoms with van der Waals surface area (Å²) in [4.78, 5) is 0. The number of rotatable bonds is 5. The number of ether oxygens (including phenoxy) is 1. The van der Waals surface area contributed by atoms with Crippen LogP contribution in [0.4, 0.5) is 0 Å². The molecule has 76 valence electrons. The Morgan fingerprint density at radius 1 is 1.15 bits per heavy atom. The lowest BCUT2D eigenvalue weighted by Gasteiger charge is -2.31. The van der Waals surface area contributed by atoms with Gasteiger partial charge in [0.25, 0.3) is 0 Å². The molecule has 2 radical (unpaired) electrons. The minimum absolute atomic E-state index is 0.0508. The van der Waals surface area contributed by atoms with Crippen LogP contribution < -0.4 is 0 Å². The molecule has 2 heteroatoms. The average Bonchev–Trinajstić information content (AvgIpc) is 1.79. The Bertz CT molecular complexity index is 145. The van der Waals surface area contributed by atoms with E-state index in [-0.39, 0.29) is 10.9 Å². The van der Waals surface area contributed by atoms with Gasteiger partial charge in [-0.3, -0.25) is 0 Å². The van der Waals surface area contributed by atoms with Gasteiger partial charge in [0.15, 0.2) is 0 Å². The highest BCUT2D eigenvalue weighted by molar-refractivity contribution is 6.14. The van der Waals surface area contributed by atoms with Gasteiger partial charge in [-0.05, 0) is 31.5 Å². The Hall–Kier alpha value is 0.0249. The van der Waals surface area contributed by atoms with Gasteiger partial charge in [0, 0.05) is 6.61 Å². The zero-order valence-corrected chi connectivity index (χ0v) is 9.98. The Kier molecular flexibility index (Phi) is 4.51. The van der Waals surface area contributed by atoms with Gasteiger partial charge in [0.2, 0.25) is 0 Å². The summed E-state index contributed by atoms with van der Waals surface area (Å²) in [6, 6.07) is 0. The molecule has 0 aliphatic rings. The van der Waals surface area contributed by atoms with Crippen LogP contribution in [0.3, 0.4) is 0 Å². The standard InChI is InChI=1S/C11H23BO/c1-9(2)7-11(5,6)13-8-10(3,4)12/h9H,7-8H2,1-6H3. The molecule has 0 saturated carbocycles. The van der Waals surface area contributed by atoms with E-state index >= 15 is 0 Å². The third-order valence-corrected chi connectivity index (χ3v) is 1.73. The lowest BCUT2D eigenvalue weighted by molar-refractivity contribution is -0.0403. The molecule has 0 aromatic rings. The van der Waals surface area contributed by atoms with Gasteiger partial charge in [0.1, 0.15) is 0 Å². The van der Waals surface area contributed by atoms with Crippen molar-refractivity contribution in [2.75, 3.05) is 6.61 Å². The number of hydrogen-bond donors (Lipinski definition) is 0. The summed E-state index contributed by atoms with van der Waals surface area (Å²) in [5, 5.41) is -0.228. The molecule has 0 aliphatic heterocycles. The van der Waals surface area contributed by atoms with Crippen molar-refractivity contribution < 1.29 is 4.74 Å². The molecule has 0 rings (SSSR count). The van der Waals surface area contributed by atoms with Crippen LogP contribution in [-0.4, -0.2) is 20.1 Å². The van der Waals surface area contributed by atoms with Crippen molar-refractivity contribution in [2.45, 2.75) is 58.9 Å². The largest absolute Gasteiger partial charge is 0.376 e. The van der Waals surface area contributed by atoms with Crippen molar-refractivity contribution in [1.29, 1.82) is 0 Å². The lowest BCUT2D eigenvalue weighted by atomic mass is 9.73. The van der Waals surface area contributed by atoms with Crippen molar-refractivity contribution >= 4 is 7.85 Å². The second-order valence-electron chi connectivity index (χ2n) is 5.63. The highest BCUT2D eigenvalue weighted by Crippen LogP contribution is 2.25. The van der Waals surface area contributed by atoms with E-state index in [2.05, 4.69) is 27.7 Å². The molecular formula is C11H23BO.